The Morgan fingerprint density at radius 1 is 0.700 bits per heavy atom. The highest BCUT2D eigenvalue weighted by Crippen LogP contribution is 2.38. The van der Waals surface area contributed by atoms with Gasteiger partial charge in [-0.3, -0.25) is 4.79 Å². The molecule has 0 bridgehead atoms. The molecule has 0 saturated carbocycles. The molecule has 20 heavy (non-hydrogen) atoms. The van der Waals surface area contributed by atoms with Gasteiger partial charge in [-0.15, -0.1) is 0 Å². The van der Waals surface area contributed by atoms with Gasteiger partial charge in [-0.05, 0) is 24.3 Å². The van der Waals surface area contributed by atoms with Gasteiger partial charge in [0, 0.05) is 15.6 Å². The maximum Gasteiger partial charge on any atom is 0.196 e. The largest absolute Gasteiger partial charge is 0.288 e. The maximum atomic E-state index is 12.5. The molecular formula is C13H4Cl6O. The summed E-state index contributed by atoms with van der Waals surface area (Å²) in [7, 11) is 0. The van der Waals surface area contributed by atoms with Crippen molar-refractivity contribution in [3.63, 3.8) is 0 Å². The molecule has 2 aromatic rings. The molecule has 0 aliphatic carbocycles. The van der Waals surface area contributed by atoms with Crippen LogP contribution in [0.1, 0.15) is 15.9 Å². The Bertz CT molecular complexity index is 690. The van der Waals surface area contributed by atoms with E-state index in [0.717, 1.165) is 0 Å². The van der Waals surface area contributed by atoms with Crippen molar-refractivity contribution >= 4 is 75.4 Å². The van der Waals surface area contributed by atoms with Gasteiger partial charge in [0.2, 0.25) is 0 Å². The van der Waals surface area contributed by atoms with Crippen molar-refractivity contribution < 1.29 is 4.79 Å². The fraction of sp³-hybridized carbons (Fsp3) is 0. The summed E-state index contributed by atoms with van der Waals surface area (Å²) in [6, 6.07) is 5.80. The monoisotopic (exact) mass is 386 g/mol. The van der Waals surface area contributed by atoms with Gasteiger partial charge in [0.1, 0.15) is 0 Å². The number of halogens is 6. The van der Waals surface area contributed by atoms with Crippen molar-refractivity contribution in [3.05, 3.63) is 65.5 Å². The summed E-state index contributed by atoms with van der Waals surface area (Å²) in [5.41, 5.74) is 0.311. The molecule has 1 nitrogen and oxygen atoms in total. The summed E-state index contributed by atoms with van der Waals surface area (Å²) in [6.45, 7) is 0. The van der Waals surface area contributed by atoms with Gasteiger partial charge in [-0.1, -0.05) is 69.6 Å². The molecule has 0 amide bonds. The van der Waals surface area contributed by atoms with Crippen molar-refractivity contribution in [2.75, 3.05) is 0 Å². The minimum Gasteiger partial charge on any atom is -0.288 e. The minimum absolute atomic E-state index is 0.00901. The molecule has 0 radical (unpaired) electrons. The van der Waals surface area contributed by atoms with E-state index < -0.39 is 5.78 Å². The Morgan fingerprint density at radius 3 is 1.80 bits per heavy atom. The molecule has 2 rings (SSSR count). The predicted molar refractivity (Wildman–Crippen MR) is 86.4 cm³/mol. The lowest BCUT2D eigenvalue weighted by molar-refractivity contribution is 0.103. The molecule has 0 spiro atoms. The van der Waals surface area contributed by atoms with Crippen LogP contribution < -0.4 is 0 Å². The lowest BCUT2D eigenvalue weighted by Gasteiger charge is -2.10. The van der Waals surface area contributed by atoms with Crippen LogP contribution in [0.25, 0.3) is 0 Å². The first-order valence-electron chi connectivity index (χ1n) is 5.15. The lowest BCUT2D eigenvalue weighted by Crippen LogP contribution is -2.04. The Morgan fingerprint density at radius 2 is 1.25 bits per heavy atom. The molecule has 7 heteroatoms. The quantitative estimate of drug-likeness (QED) is 0.312. The standard InChI is InChI=1S/C13H4Cl6O/c14-6-1-5(2-7(15)3-6)13(20)10-8(16)4-9(17)11(18)12(10)19/h1-4H. The molecule has 0 aliphatic heterocycles. The first kappa shape index (κ1) is 16.2. The first-order valence-corrected chi connectivity index (χ1v) is 7.42. The van der Waals surface area contributed by atoms with E-state index in [1.165, 1.54) is 24.3 Å². The van der Waals surface area contributed by atoms with Crippen LogP contribution >= 0.6 is 69.6 Å². The number of ketones is 1. The number of hydrogen-bond donors (Lipinski definition) is 0. The average molecular weight is 389 g/mol. The number of hydrogen-bond acceptors (Lipinski definition) is 1. The molecule has 0 fully saturated rings. The van der Waals surface area contributed by atoms with E-state index in [9.17, 15) is 4.79 Å². The molecule has 2 aromatic carbocycles. The van der Waals surface area contributed by atoms with Crippen LogP contribution in [0.2, 0.25) is 30.1 Å². The van der Waals surface area contributed by atoms with Crippen molar-refractivity contribution in [1.29, 1.82) is 0 Å². The first-order chi connectivity index (χ1) is 9.31. The van der Waals surface area contributed by atoms with Crippen molar-refractivity contribution in [2.45, 2.75) is 0 Å². The van der Waals surface area contributed by atoms with Crippen LogP contribution in [-0.4, -0.2) is 5.78 Å². The second kappa shape index (κ2) is 6.31. The number of rotatable bonds is 2. The molecule has 0 heterocycles. The fourth-order valence-electron chi connectivity index (χ4n) is 1.60. The van der Waals surface area contributed by atoms with Gasteiger partial charge in [0.25, 0.3) is 0 Å². The topological polar surface area (TPSA) is 17.1 Å². The zero-order valence-corrected chi connectivity index (χ0v) is 14.0. The minimum atomic E-state index is -0.442. The normalized spacial score (nSPS) is 10.7. The van der Waals surface area contributed by atoms with Crippen molar-refractivity contribution in [1.82, 2.24) is 0 Å². The zero-order valence-electron chi connectivity index (χ0n) is 9.49. The third-order valence-electron chi connectivity index (χ3n) is 2.47. The third-order valence-corrected chi connectivity index (χ3v) is 4.46. The zero-order chi connectivity index (χ0) is 15.0. The van der Waals surface area contributed by atoms with Crippen LogP contribution in [0.15, 0.2) is 24.3 Å². The smallest absolute Gasteiger partial charge is 0.196 e. The van der Waals surface area contributed by atoms with Crippen molar-refractivity contribution in [2.24, 2.45) is 0 Å². The summed E-state index contributed by atoms with van der Waals surface area (Å²) in [5.74, 6) is -0.442. The SMILES string of the molecule is O=C(c1cc(Cl)cc(Cl)c1)c1c(Cl)cc(Cl)c(Cl)c1Cl. The molecule has 0 aliphatic rings. The van der Waals surface area contributed by atoms with Gasteiger partial charge in [0.15, 0.2) is 5.78 Å². The molecule has 0 atom stereocenters. The van der Waals surface area contributed by atoms with E-state index in [2.05, 4.69) is 0 Å². The molecule has 104 valence electrons. The van der Waals surface area contributed by atoms with Gasteiger partial charge in [0.05, 0.1) is 25.7 Å². The Hall–Kier alpha value is -0.150. The van der Waals surface area contributed by atoms with E-state index >= 15 is 0 Å². The van der Waals surface area contributed by atoms with Gasteiger partial charge < -0.3 is 0 Å². The van der Waals surface area contributed by atoms with Crippen LogP contribution in [0.4, 0.5) is 0 Å². The number of benzene rings is 2. The van der Waals surface area contributed by atoms with E-state index in [1.54, 1.807) is 0 Å². The van der Waals surface area contributed by atoms with Crippen LogP contribution in [-0.2, 0) is 0 Å². The highest BCUT2D eigenvalue weighted by atomic mass is 35.5. The van der Waals surface area contributed by atoms with Gasteiger partial charge >= 0.3 is 0 Å². The number of carbonyl (C=O) groups is 1. The molecule has 0 saturated heterocycles. The van der Waals surface area contributed by atoms with Crippen LogP contribution in [0, 0.1) is 0 Å². The van der Waals surface area contributed by atoms with Crippen LogP contribution in [0.3, 0.4) is 0 Å². The predicted octanol–water partition coefficient (Wildman–Crippen LogP) is 6.84. The Balaban J connectivity index is 2.62. The summed E-state index contributed by atoms with van der Waals surface area (Å²) >= 11 is 35.6. The molecule has 0 N–H and O–H groups in total. The molecule has 0 aromatic heterocycles. The van der Waals surface area contributed by atoms with Gasteiger partial charge in [-0.2, -0.15) is 0 Å². The van der Waals surface area contributed by atoms with E-state index in [0.29, 0.717) is 10.0 Å². The second-order valence-corrected chi connectivity index (χ2v) is 6.27. The van der Waals surface area contributed by atoms with Gasteiger partial charge in [-0.25, -0.2) is 0 Å². The van der Waals surface area contributed by atoms with E-state index in [1.807, 2.05) is 0 Å². The Labute approximate surface area is 145 Å². The molecule has 0 unspecified atom stereocenters. The van der Waals surface area contributed by atoms with E-state index in [-0.39, 0.29) is 31.2 Å². The summed E-state index contributed by atoms with van der Waals surface area (Å²) < 4.78 is 0. The fourth-order valence-corrected chi connectivity index (χ4v) is 3.21. The summed E-state index contributed by atoms with van der Waals surface area (Å²) in [6.07, 6.45) is 0. The third kappa shape index (κ3) is 3.19. The molecular weight excluding hydrogens is 385 g/mol. The lowest BCUT2D eigenvalue weighted by atomic mass is 10.0. The van der Waals surface area contributed by atoms with E-state index in [4.69, 9.17) is 69.6 Å². The summed E-state index contributed by atoms with van der Waals surface area (Å²) in [4.78, 5) is 12.5. The van der Waals surface area contributed by atoms with Crippen LogP contribution in [0.5, 0.6) is 0 Å². The maximum absolute atomic E-state index is 12.5. The highest BCUT2D eigenvalue weighted by molar-refractivity contribution is 6.51. The number of carbonyl (C=O) groups excluding carboxylic acids is 1. The Kier molecular flexibility index (Phi) is 5.12. The second-order valence-electron chi connectivity index (χ2n) is 3.83. The average Bonchev–Trinajstić information content (AvgIpc) is 2.34. The highest BCUT2D eigenvalue weighted by Gasteiger charge is 2.21. The summed E-state index contributed by atoms with van der Waals surface area (Å²) in [5, 5.41) is 0.980. The van der Waals surface area contributed by atoms with Crippen molar-refractivity contribution in [3.8, 4) is 0 Å².